The van der Waals surface area contributed by atoms with E-state index in [4.69, 9.17) is 5.11 Å². The van der Waals surface area contributed by atoms with Crippen molar-refractivity contribution in [2.24, 2.45) is 5.92 Å². The summed E-state index contributed by atoms with van der Waals surface area (Å²) in [4.78, 5) is 13.8. The third-order valence-electron chi connectivity index (χ3n) is 2.53. The van der Waals surface area contributed by atoms with E-state index in [1.54, 1.807) is 0 Å². The van der Waals surface area contributed by atoms with Crippen LogP contribution in [0.2, 0.25) is 0 Å². The predicted octanol–water partition coefficient (Wildman–Crippen LogP) is 2.52. The Morgan fingerprint density at radius 1 is 1.56 bits per heavy atom. The van der Waals surface area contributed by atoms with Gasteiger partial charge in [0.15, 0.2) is 11.6 Å². The maximum atomic E-state index is 12.4. The van der Waals surface area contributed by atoms with Gasteiger partial charge in [-0.15, -0.1) is 0 Å². The molecule has 0 bridgehead atoms. The molecule has 0 saturated heterocycles. The van der Waals surface area contributed by atoms with E-state index in [0.29, 0.717) is 6.42 Å². The van der Waals surface area contributed by atoms with Crippen LogP contribution in [0.4, 0.5) is 13.2 Å². The quantitative estimate of drug-likeness (QED) is 0.855. The molecule has 7 heteroatoms. The first-order chi connectivity index (χ1) is 7.30. The highest BCUT2D eigenvalue weighted by molar-refractivity contribution is 5.85. The predicted molar refractivity (Wildman–Crippen MR) is 45.0 cm³/mol. The smallest absolute Gasteiger partial charge is 0.437 e. The molecule has 1 aromatic heterocycles. The zero-order valence-electron chi connectivity index (χ0n) is 8.21. The molecule has 1 aliphatic rings. The van der Waals surface area contributed by atoms with Gasteiger partial charge in [0.05, 0.1) is 0 Å². The van der Waals surface area contributed by atoms with Crippen LogP contribution in [0.15, 0.2) is 4.42 Å². The summed E-state index contributed by atoms with van der Waals surface area (Å²) in [6, 6.07) is 0. The first kappa shape index (κ1) is 11.0. The standard InChI is InChI=1S/C9H8F3NO3/c1-3-2-4(3)7-13-6(9(10,11)12)5(16-7)8(14)15/h3-4H,2H2,1H3,(H,14,15). The molecule has 1 saturated carbocycles. The summed E-state index contributed by atoms with van der Waals surface area (Å²) in [5.74, 6) is -2.99. The topological polar surface area (TPSA) is 63.3 Å². The maximum absolute atomic E-state index is 12.4. The Balaban J connectivity index is 2.42. The van der Waals surface area contributed by atoms with Crippen LogP contribution in [-0.4, -0.2) is 16.1 Å². The lowest BCUT2D eigenvalue weighted by molar-refractivity contribution is -0.141. The average molecular weight is 235 g/mol. The van der Waals surface area contributed by atoms with Crippen LogP contribution in [0.25, 0.3) is 0 Å². The van der Waals surface area contributed by atoms with Crippen molar-refractivity contribution in [1.82, 2.24) is 4.98 Å². The van der Waals surface area contributed by atoms with Gasteiger partial charge in [-0.1, -0.05) is 6.92 Å². The molecule has 2 atom stereocenters. The van der Waals surface area contributed by atoms with E-state index in [1.165, 1.54) is 0 Å². The maximum Gasteiger partial charge on any atom is 0.437 e. The van der Waals surface area contributed by atoms with Crippen LogP contribution < -0.4 is 0 Å². The molecule has 0 aliphatic heterocycles. The fraction of sp³-hybridized carbons (Fsp3) is 0.556. The van der Waals surface area contributed by atoms with Gasteiger partial charge in [0.2, 0.25) is 5.76 Å². The van der Waals surface area contributed by atoms with E-state index in [1.807, 2.05) is 6.92 Å². The van der Waals surface area contributed by atoms with E-state index in [9.17, 15) is 18.0 Å². The minimum atomic E-state index is -4.80. The second-order valence-corrected chi connectivity index (χ2v) is 3.85. The lowest BCUT2D eigenvalue weighted by Crippen LogP contribution is -2.11. The summed E-state index contributed by atoms with van der Waals surface area (Å²) in [5, 5.41) is 8.58. The molecule has 1 fully saturated rings. The van der Waals surface area contributed by atoms with Crippen LogP contribution >= 0.6 is 0 Å². The third-order valence-corrected chi connectivity index (χ3v) is 2.53. The van der Waals surface area contributed by atoms with E-state index in [-0.39, 0.29) is 17.7 Å². The molecule has 1 N–H and O–H groups in total. The highest BCUT2D eigenvalue weighted by Gasteiger charge is 2.45. The zero-order chi connectivity index (χ0) is 12.1. The van der Waals surface area contributed by atoms with Crippen molar-refractivity contribution in [3.8, 4) is 0 Å². The number of carbonyl (C=O) groups is 1. The molecule has 1 aliphatic carbocycles. The Hall–Kier alpha value is -1.53. The molecule has 88 valence electrons. The molecule has 16 heavy (non-hydrogen) atoms. The molecular weight excluding hydrogens is 227 g/mol. The van der Waals surface area contributed by atoms with Crippen molar-refractivity contribution in [1.29, 1.82) is 0 Å². The summed E-state index contributed by atoms with van der Waals surface area (Å²) in [6.07, 6.45) is -4.12. The normalized spacial score (nSPS) is 24.5. The molecule has 4 nitrogen and oxygen atoms in total. The summed E-state index contributed by atoms with van der Waals surface area (Å²) in [6.45, 7) is 1.84. The molecule has 0 radical (unpaired) electrons. The fourth-order valence-corrected chi connectivity index (χ4v) is 1.50. The summed E-state index contributed by atoms with van der Waals surface area (Å²) >= 11 is 0. The van der Waals surface area contributed by atoms with Crippen LogP contribution in [-0.2, 0) is 6.18 Å². The van der Waals surface area contributed by atoms with E-state index >= 15 is 0 Å². The van der Waals surface area contributed by atoms with Gasteiger partial charge in [-0.2, -0.15) is 13.2 Å². The van der Waals surface area contributed by atoms with Gasteiger partial charge in [0, 0.05) is 5.92 Å². The molecule has 2 unspecified atom stereocenters. The number of alkyl halides is 3. The monoisotopic (exact) mass is 235 g/mol. The molecule has 0 amide bonds. The van der Waals surface area contributed by atoms with E-state index in [0.717, 1.165) is 0 Å². The van der Waals surface area contributed by atoms with Crippen molar-refractivity contribution in [2.45, 2.75) is 25.4 Å². The first-order valence-electron chi connectivity index (χ1n) is 4.62. The number of aromatic carboxylic acids is 1. The molecule has 0 spiro atoms. The summed E-state index contributed by atoms with van der Waals surface area (Å²) < 4.78 is 41.9. The lowest BCUT2D eigenvalue weighted by atomic mass is 10.3. The highest BCUT2D eigenvalue weighted by atomic mass is 19.4. The number of aromatic nitrogens is 1. The number of rotatable bonds is 2. The van der Waals surface area contributed by atoms with Crippen LogP contribution in [0, 0.1) is 5.92 Å². The zero-order valence-corrected chi connectivity index (χ0v) is 8.21. The second-order valence-electron chi connectivity index (χ2n) is 3.85. The van der Waals surface area contributed by atoms with Crippen LogP contribution in [0.1, 0.15) is 41.4 Å². The third kappa shape index (κ3) is 1.77. The van der Waals surface area contributed by atoms with Gasteiger partial charge in [-0.25, -0.2) is 9.78 Å². The van der Waals surface area contributed by atoms with Gasteiger partial charge in [-0.05, 0) is 12.3 Å². The Bertz CT molecular complexity index is 438. The van der Waals surface area contributed by atoms with E-state index in [2.05, 4.69) is 9.40 Å². The fourth-order valence-electron chi connectivity index (χ4n) is 1.50. The Labute approximate surface area is 88.1 Å². The Morgan fingerprint density at radius 2 is 2.12 bits per heavy atom. The number of halogens is 3. The largest absolute Gasteiger partial charge is 0.475 e. The van der Waals surface area contributed by atoms with Crippen LogP contribution in [0.5, 0.6) is 0 Å². The molecular formula is C9H8F3NO3. The summed E-state index contributed by atoms with van der Waals surface area (Å²) in [5.41, 5.74) is -1.45. The van der Waals surface area contributed by atoms with Crippen molar-refractivity contribution in [2.75, 3.05) is 0 Å². The number of hydrogen-bond acceptors (Lipinski definition) is 3. The van der Waals surface area contributed by atoms with Gasteiger partial charge >= 0.3 is 12.1 Å². The molecule has 1 aromatic rings. The van der Waals surface area contributed by atoms with Crippen molar-refractivity contribution in [3.05, 3.63) is 17.3 Å². The van der Waals surface area contributed by atoms with Gasteiger partial charge < -0.3 is 9.52 Å². The minimum absolute atomic E-state index is 0.128. The van der Waals surface area contributed by atoms with E-state index < -0.39 is 23.6 Å². The molecule has 0 aromatic carbocycles. The number of hydrogen-bond donors (Lipinski definition) is 1. The SMILES string of the molecule is CC1CC1c1nc(C(F)(F)F)c(C(=O)O)o1. The van der Waals surface area contributed by atoms with Crippen molar-refractivity contribution in [3.63, 3.8) is 0 Å². The number of carboxylic acid groups (broad SMARTS) is 1. The average Bonchev–Trinajstić information content (AvgIpc) is 2.70. The van der Waals surface area contributed by atoms with Crippen LogP contribution in [0.3, 0.4) is 0 Å². The Kier molecular flexibility index (Phi) is 2.21. The minimum Gasteiger partial charge on any atom is -0.475 e. The van der Waals surface area contributed by atoms with Crippen molar-refractivity contribution < 1.29 is 27.5 Å². The summed E-state index contributed by atoms with van der Waals surface area (Å²) in [7, 11) is 0. The van der Waals surface area contributed by atoms with Gasteiger partial charge in [-0.3, -0.25) is 0 Å². The Morgan fingerprint density at radius 3 is 2.44 bits per heavy atom. The number of carboxylic acids is 1. The molecule has 1 heterocycles. The molecule has 2 rings (SSSR count). The second kappa shape index (κ2) is 3.23. The first-order valence-corrected chi connectivity index (χ1v) is 4.62. The van der Waals surface area contributed by atoms with Gasteiger partial charge in [0.25, 0.3) is 0 Å². The van der Waals surface area contributed by atoms with Crippen molar-refractivity contribution >= 4 is 5.97 Å². The lowest BCUT2D eigenvalue weighted by Gasteiger charge is -2.00. The number of nitrogens with zero attached hydrogens (tertiary/aromatic N) is 1. The number of oxazole rings is 1. The van der Waals surface area contributed by atoms with Gasteiger partial charge in [0.1, 0.15) is 0 Å². The highest BCUT2D eigenvalue weighted by Crippen LogP contribution is 2.47.